The number of hydrogen-bond acceptors (Lipinski definition) is 3. The molecule has 1 amide bonds. The van der Waals surface area contributed by atoms with E-state index in [4.69, 9.17) is 0 Å². The van der Waals surface area contributed by atoms with E-state index >= 15 is 0 Å². The van der Waals surface area contributed by atoms with Crippen LogP contribution in [0.2, 0.25) is 0 Å². The third-order valence-electron chi connectivity index (χ3n) is 4.34. The molecule has 0 aliphatic carbocycles. The number of carbonyl (C=O) groups excluding carboxylic acids is 1. The van der Waals surface area contributed by atoms with Crippen molar-refractivity contribution in [2.45, 2.75) is 32.9 Å². The second kappa shape index (κ2) is 8.96. The number of hydrogen-bond donors (Lipinski definition) is 1. The van der Waals surface area contributed by atoms with Crippen LogP contribution in [0, 0.1) is 6.92 Å². The van der Waals surface area contributed by atoms with Crippen molar-refractivity contribution in [1.29, 1.82) is 0 Å². The van der Waals surface area contributed by atoms with Gasteiger partial charge in [0.25, 0.3) is 0 Å². The molecule has 0 aromatic heterocycles. The monoisotopic (exact) mass is 374 g/mol. The Labute approximate surface area is 156 Å². The molecule has 140 valence electrons. The summed E-state index contributed by atoms with van der Waals surface area (Å²) >= 11 is 0. The maximum absolute atomic E-state index is 12.2. The number of aryl methyl sites for hydroxylation is 1. The number of rotatable bonds is 8. The lowest BCUT2D eigenvalue weighted by molar-refractivity contribution is -0.121. The second-order valence-electron chi connectivity index (χ2n) is 6.47. The van der Waals surface area contributed by atoms with Crippen LogP contribution in [0.1, 0.15) is 36.1 Å². The Hall–Kier alpha value is -2.18. The minimum atomic E-state index is -3.40. The molecule has 0 spiro atoms. The fraction of sp³-hybridized carbons (Fsp3) is 0.350. The SMILES string of the molecule is Cc1ccccc1CN(CCC(=O)NC(C)c1ccccc1)S(C)(=O)=O. The quantitative estimate of drug-likeness (QED) is 0.772. The summed E-state index contributed by atoms with van der Waals surface area (Å²) in [7, 11) is -3.40. The number of amides is 1. The van der Waals surface area contributed by atoms with Gasteiger partial charge in [-0.1, -0.05) is 54.6 Å². The van der Waals surface area contributed by atoms with Crippen molar-refractivity contribution in [3.63, 3.8) is 0 Å². The van der Waals surface area contributed by atoms with Gasteiger partial charge in [-0.3, -0.25) is 4.79 Å². The first kappa shape index (κ1) is 20.1. The first-order valence-corrected chi connectivity index (χ1v) is 10.5. The highest BCUT2D eigenvalue weighted by Gasteiger charge is 2.19. The van der Waals surface area contributed by atoms with Gasteiger partial charge in [-0.15, -0.1) is 0 Å². The summed E-state index contributed by atoms with van der Waals surface area (Å²) in [5.41, 5.74) is 2.99. The van der Waals surface area contributed by atoms with E-state index in [1.165, 1.54) is 10.6 Å². The molecule has 0 radical (unpaired) electrons. The lowest BCUT2D eigenvalue weighted by Crippen LogP contribution is -2.35. The molecule has 0 saturated carbocycles. The zero-order valence-electron chi connectivity index (χ0n) is 15.5. The van der Waals surface area contributed by atoms with Gasteiger partial charge < -0.3 is 5.32 Å². The first-order valence-electron chi connectivity index (χ1n) is 8.61. The van der Waals surface area contributed by atoms with Crippen molar-refractivity contribution in [3.05, 3.63) is 71.3 Å². The Kier molecular flexibility index (Phi) is 6.94. The molecular weight excluding hydrogens is 348 g/mol. The van der Waals surface area contributed by atoms with Crippen LogP contribution in [-0.4, -0.2) is 31.4 Å². The molecule has 1 atom stereocenters. The highest BCUT2D eigenvalue weighted by Crippen LogP contribution is 2.14. The Morgan fingerprint density at radius 1 is 1.08 bits per heavy atom. The summed E-state index contributed by atoms with van der Waals surface area (Å²) in [5.74, 6) is -0.167. The molecule has 1 unspecified atom stereocenters. The van der Waals surface area contributed by atoms with Gasteiger partial charge in [-0.2, -0.15) is 4.31 Å². The first-order chi connectivity index (χ1) is 12.3. The molecule has 0 bridgehead atoms. The van der Waals surface area contributed by atoms with Crippen molar-refractivity contribution in [2.24, 2.45) is 0 Å². The fourth-order valence-corrected chi connectivity index (χ4v) is 3.50. The molecule has 0 fully saturated rings. The van der Waals surface area contributed by atoms with E-state index in [2.05, 4.69) is 5.32 Å². The Bertz CT molecular complexity index is 835. The summed E-state index contributed by atoms with van der Waals surface area (Å²) in [4.78, 5) is 12.2. The standard InChI is InChI=1S/C20H26N2O3S/c1-16-9-7-8-12-19(16)15-22(26(3,24)25)14-13-20(23)21-17(2)18-10-5-4-6-11-18/h4-12,17H,13-15H2,1-3H3,(H,21,23). The predicted molar refractivity (Wildman–Crippen MR) is 104 cm³/mol. The van der Waals surface area contributed by atoms with Gasteiger partial charge in [0.2, 0.25) is 15.9 Å². The smallest absolute Gasteiger partial charge is 0.221 e. The molecule has 2 aromatic carbocycles. The van der Waals surface area contributed by atoms with E-state index in [-0.39, 0.29) is 31.5 Å². The van der Waals surface area contributed by atoms with Gasteiger partial charge in [0.05, 0.1) is 12.3 Å². The van der Waals surface area contributed by atoms with Crippen LogP contribution in [-0.2, 0) is 21.4 Å². The van der Waals surface area contributed by atoms with Crippen molar-refractivity contribution in [3.8, 4) is 0 Å². The maximum Gasteiger partial charge on any atom is 0.221 e. The average molecular weight is 375 g/mol. The second-order valence-corrected chi connectivity index (χ2v) is 8.46. The summed E-state index contributed by atoms with van der Waals surface area (Å²) < 4.78 is 25.5. The number of nitrogens with zero attached hydrogens (tertiary/aromatic N) is 1. The van der Waals surface area contributed by atoms with Crippen LogP contribution in [0.3, 0.4) is 0 Å². The summed E-state index contributed by atoms with van der Waals surface area (Å²) in [5, 5.41) is 2.92. The molecule has 26 heavy (non-hydrogen) atoms. The summed E-state index contributed by atoms with van der Waals surface area (Å²) in [6.45, 7) is 4.28. The third-order valence-corrected chi connectivity index (χ3v) is 5.59. The van der Waals surface area contributed by atoms with Gasteiger partial charge in [-0.25, -0.2) is 8.42 Å². The number of nitrogens with one attached hydrogen (secondary N) is 1. The van der Waals surface area contributed by atoms with Gasteiger partial charge in [0, 0.05) is 19.5 Å². The minimum Gasteiger partial charge on any atom is -0.350 e. The third kappa shape index (κ3) is 5.97. The molecule has 6 heteroatoms. The van der Waals surface area contributed by atoms with Crippen molar-refractivity contribution >= 4 is 15.9 Å². The van der Waals surface area contributed by atoms with Crippen molar-refractivity contribution in [2.75, 3.05) is 12.8 Å². The maximum atomic E-state index is 12.2. The molecule has 2 rings (SSSR count). The lowest BCUT2D eigenvalue weighted by Gasteiger charge is -2.21. The van der Waals surface area contributed by atoms with Crippen molar-refractivity contribution in [1.82, 2.24) is 9.62 Å². The highest BCUT2D eigenvalue weighted by atomic mass is 32.2. The Balaban J connectivity index is 1.97. The molecule has 0 aliphatic rings. The van der Waals surface area contributed by atoms with Crippen LogP contribution in [0.4, 0.5) is 0 Å². The molecular formula is C20H26N2O3S. The fourth-order valence-electron chi connectivity index (χ4n) is 2.70. The largest absolute Gasteiger partial charge is 0.350 e. The average Bonchev–Trinajstić information content (AvgIpc) is 2.59. The molecule has 0 saturated heterocycles. The zero-order valence-corrected chi connectivity index (χ0v) is 16.3. The lowest BCUT2D eigenvalue weighted by atomic mass is 10.1. The van der Waals surface area contributed by atoms with E-state index in [9.17, 15) is 13.2 Å². The number of sulfonamides is 1. The highest BCUT2D eigenvalue weighted by molar-refractivity contribution is 7.88. The summed E-state index contributed by atoms with van der Waals surface area (Å²) in [6.07, 6.45) is 1.30. The molecule has 1 N–H and O–H groups in total. The molecule has 0 aliphatic heterocycles. The van der Waals surface area contributed by atoms with Crippen LogP contribution in [0.5, 0.6) is 0 Å². The Morgan fingerprint density at radius 3 is 2.31 bits per heavy atom. The molecule has 5 nitrogen and oxygen atoms in total. The van der Waals surface area contributed by atoms with Crippen LogP contribution in [0.25, 0.3) is 0 Å². The van der Waals surface area contributed by atoms with Crippen LogP contribution >= 0.6 is 0 Å². The summed E-state index contributed by atoms with van der Waals surface area (Å²) in [6, 6.07) is 17.2. The van der Waals surface area contributed by atoms with Gasteiger partial charge >= 0.3 is 0 Å². The van der Waals surface area contributed by atoms with E-state index in [1.54, 1.807) is 0 Å². The Morgan fingerprint density at radius 2 is 1.69 bits per heavy atom. The van der Waals surface area contributed by atoms with E-state index in [0.29, 0.717) is 0 Å². The molecule has 0 heterocycles. The van der Waals surface area contributed by atoms with Gasteiger partial charge in [-0.05, 0) is 30.5 Å². The van der Waals surface area contributed by atoms with Crippen LogP contribution < -0.4 is 5.32 Å². The zero-order chi connectivity index (χ0) is 19.2. The van der Waals surface area contributed by atoms with E-state index < -0.39 is 10.0 Å². The van der Waals surface area contributed by atoms with Crippen molar-refractivity contribution < 1.29 is 13.2 Å². The topological polar surface area (TPSA) is 66.5 Å². The van der Waals surface area contributed by atoms with E-state index in [1.807, 2.05) is 68.4 Å². The number of carbonyl (C=O) groups is 1. The van der Waals surface area contributed by atoms with Gasteiger partial charge in [0.1, 0.15) is 0 Å². The molecule has 2 aromatic rings. The van der Waals surface area contributed by atoms with E-state index in [0.717, 1.165) is 16.7 Å². The van der Waals surface area contributed by atoms with Crippen LogP contribution in [0.15, 0.2) is 54.6 Å². The minimum absolute atomic E-state index is 0.119. The normalized spacial score (nSPS) is 12.8. The number of benzene rings is 2. The predicted octanol–water partition coefficient (Wildman–Crippen LogP) is 3.02. The van der Waals surface area contributed by atoms with Gasteiger partial charge in [0.15, 0.2) is 0 Å².